The van der Waals surface area contributed by atoms with Gasteiger partial charge < -0.3 is 4.74 Å². The molecule has 0 aliphatic heterocycles. The molecule has 0 unspecified atom stereocenters. The molecule has 2 N–H and O–H groups in total. The first-order valence-electron chi connectivity index (χ1n) is 10.0. The summed E-state index contributed by atoms with van der Waals surface area (Å²) >= 11 is 0. The van der Waals surface area contributed by atoms with Gasteiger partial charge in [0, 0.05) is 11.1 Å². The summed E-state index contributed by atoms with van der Waals surface area (Å²) in [6.07, 6.45) is 3.77. The number of ether oxygens (including phenoxy) is 1. The molecule has 32 heavy (non-hydrogen) atoms. The minimum Gasteiger partial charge on any atom is -0.488 e. The number of hydrogen-bond acceptors (Lipinski definition) is 6. The number of H-pyrrole nitrogens is 1. The number of benzene rings is 2. The van der Waals surface area contributed by atoms with Crippen LogP contribution in [0.3, 0.4) is 0 Å². The van der Waals surface area contributed by atoms with Crippen molar-refractivity contribution in [2.75, 3.05) is 12.0 Å². The van der Waals surface area contributed by atoms with Gasteiger partial charge in [0.15, 0.2) is 17.4 Å². The Morgan fingerprint density at radius 2 is 1.94 bits per heavy atom. The lowest BCUT2D eigenvalue weighted by molar-refractivity contribution is 0.276. The summed E-state index contributed by atoms with van der Waals surface area (Å²) in [5, 5.41) is 13.2. The fraction of sp³-hybridized carbons (Fsp3) is 0.217. The number of halogens is 2. The molecule has 0 atom stereocenters. The third kappa shape index (κ3) is 5.55. The van der Waals surface area contributed by atoms with Crippen LogP contribution in [-0.2, 0) is 0 Å². The number of nitrogens with zero attached hydrogens (tertiary/aromatic N) is 3. The van der Waals surface area contributed by atoms with Crippen molar-refractivity contribution in [3.63, 3.8) is 0 Å². The van der Waals surface area contributed by atoms with Crippen LogP contribution in [0.5, 0.6) is 5.75 Å². The quantitative estimate of drug-likeness (QED) is 0.289. The van der Waals surface area contributed by atoms with Crippen LogP contribution in [0, 0.1) is 23.0 Å². The smallest absolute Gasteiger partial charge is 0.270 e. The van der Waals surface area contributed by atoms with Crippen molar-refractivity contribution in [2.24, 2.45) is 5.10 Å². The predicted octanol–water partition coefficient (Wildman–Crippen LogP) is 4.60. The molecule has 0 aliphatic rings. The highest BCUT2D eigenvalue weighted by Crippen LogP contribution is 2.23. The van der Waals surface area contributed by atoms with Gasteiger partial charge in [-0.25, -0.2) is 19.2 Å². The van der Waals surface area contributed by atoms with Gasteiger partial charge in [-0.3, -0.25) is 9.78 Å². The van der Waals surface area contributed by atoms with Gasteiger partial charge in [0.1, 0.15) is 11.6 Å². The fourth-order valence-corrected chi connectivity index (χ4v) is 2.92. The number of rotatable bonds is 9. The van der Waals surface area contributed by atoms with Gasteiger partial charge in [0.2, 0.25) is 5.95 Å². The van der Waals surface area contributed by atoms with Crippen molar-refractivity contribution < 1.29 is 13.5 Å². The molecule has 3 aromatic rings. The average molecular weight is 437 g/mol. The highest BCUT2D eigenvalue weighted by molar-refractivity contribution is 5.80. The molecule has 3 rings (SSSR count). The maximum atomic E-state index is 14.2. The Balaban J connectivity index is 1.77. The monoisotopic (exact) mass is 437 g/mol. The normalized spacial score (nSPS) is 10.8. The summed E-state index contributed by atoms with van der Waals surface area (Å²) in [6, 6.07) is 12.8. The number of aromatic nitrogens is 2. The lowest BCUT2D eigenvalue weighted by Crippen LogP contribution is -2.16. The molecule has 0 spiro atoms. The number of aromatic amines is 1. The van der Waals surface area contributed by atoms with E-state index in [1.165, 1.54) is 6.21 Å². The lowest BCUT2D eigenvalue weighted by atomic mass is 10.1. The van der Waals surface area contributed by atoms with E-state index in [4.69, 9.17) is 4.74 Å². The number of nitrogens with one attached hydrogen (secondary N) is 2. The van der Waals surface area contributed by atoms with Gasteiger partial charge >= 0.3 is 0 Å². The first-order chi connectivity index (χ1) is 15.5. The summed E-state index contributed by atoms with van der Waals surface area (Å²) in [6.45, 7) is 2.26. The number of unbranched alkanes of at least 4 members (excludes halogenated alkanes) is 2. The van der Waals surface area contributed by atoms with Crippen molar-refractivity contribution >= 4 is 12.2 Å². The van der Waals surface area contributed by atoms with Crippen LogP contribution in [0.2, 0.25) is 0 Å². The van der Waals surface area contributed by atoms with Crippen molar-refractivity contribution in [2.45, 2.75) is 26.2 Å². The molecule has 9 heteroatoms. The van der Waals surface area contributed by atoms with E-state index >= 15 is 0 Å². The Labute approximate surface area is 183 Å². The van der Waals surface area contributed by atoms with Crippen molar-refractivity contribution in [3.05, 3.63) is 75.6 Å². The Bertz CT molecular complexity index is 1180. The molecule has 1 aromatic heterocycles. The van der Waals surface area contributed by atoms with E-state index in [0.717, 1.165) is 25.0 Å². The van der Waals surface area contributed by atoms with Gasteiger partial charge in [0.05, 0.1) is 18.5 Å². The molecule has 164 valence electrons. The maximum Gasteiger partial charge on any atom is 0.270 e. The molecular weight excluding hydrogens is 416 g/mol. The molecular formula is C23H21F2N5O2. The molecule has 1 heterocycles. The van der Waals surface area contributed by atoms with Crippen molar-refractivity contribution in [3.8, 4) is 23.1 Å². The Morgan fingerprint density at radius 3 is 2.59 bits per heavy atom. The number of anilines is 1. The largest absolute Gasteiger partial charge is 0.488 e. The van der Waals surface area contributed by atoms with Gasteiger partial charge in [-0.15, -0.1) is 0 Å². The minimum atomic E-state index is -0.834. The average Bonchev–Trinajstić information content (AvgIpc) is 2.78. The summed E-state index contributed by atoms with van der Waals surface area (Å²) in [4.78, 5) is 18.9. The summed E-state index contributed by atoms with van der Waals surface area (Å²) < 4.78 is 33.6. The first-order valence-corrected chi connectivity index (χ1v) is 10.0. The third-order valence-corrected chi connectivity index (χ3v) is 4.48. The van der Waals surface area contributed by atoms with Crippen LogP contribution in [0.1, 0.15) is 37.3 Å². The molecule has 0 saturated heterocycles. The van der Waals surface area contributed by atoms with Crippen LogP contribution < -0.4 is 15.7 Å². The standard InChI is InChI=1S/C23H21F2N5O2/c1-2-3-7-10-32-21-18(24)11-15(12-19(21)25)14-27-30-23-28-20(16-8-5-4-6-9-16)17(13-26)22(31)29-23/h4-6,8-9,11-12,14H,2-3,7,10H2,1H3,(H2,28,29,30,31). The zero-order valence-electron chi connectivity index (χ0n) is 17.4. The number of nitriles is 1. The van der Waals surface area contributed by atoms with Crippen molar-refractivity contribution in [1.29, 1.82) is 5.26 Å². The van der Waals surface area contributed by atoms with Gasteiger partial charge in [-0.05, 0) is 18.6 Å². The minimum absolute atomic E-state index is 0.0269. The Hall–Kier alpha value is -4.06. The molecule has 2 aromatic carbocycles. The van der Waals surface area contributed by atoms with E-state index in [2.05, 4.69) is 20.5 Å². The van der Waals surface area contributed by atoms with Crippen LogP contribution in [0.15, 0.2) is 52.4 Å². The number of hydrazone groups is 1. The Morgan fingerprint density at radius 1 is 1.22 bits per heavy atom. The molecule has 0 aliphatic carbocycles. The van der Waals surface area contributed by atoms with E-state index in [1.54, 1.807) is 30.3 Å². The van der Waals surface area contributed by atoms with Crippen LogP contribution in [-0.4, -0.2) is 22.8 Å². The molecule has 0 amide bonds. The van der Waals surface area contributed by atoms with Crippen LogP contribution >= 0.6 is 0 Å². The third-order valence-electron chi connectivity index (χ3n) is 4.48. The van der Waals surface area contributed by atoms with E-state index in [1.807, 2.05) is 13.0 Å². The Kier molecular flexibility index (Phi) is 7.65. The topological polar surface area (TPSA) is 103 Å². The zero-order valence-corrected chi connectivity index (χ0v) is 17.4. The highest BCUT2D eigenvalue weighted by Gasteiger charge is 2.14. The van der Waals surface area contributed by atoms with Gasteiger partial charge in [0.25, 0.3) is 5.56 Å². The summed E-state index contributed by atoms with van der Waals surface area (Å²) in [5.41, 5.74) is 2.66. The van der Waals surface area contributed by atoms with E-state index in [9.17, 15) is 18.8 Å². The molecule has 7 nitrogen and oxygen atoms in total. The lowest BCUT2D eigenvalue weighted by Gasteiger charge is -2.09. The fourth-order valence-electron chi connectivity index (χ4n) is 2.92. The van der Waals surface area contributed by atoms with Crippen molar-refractivity contribution in [1.82, 2.24) is 9.97 Å². The maximum absolute atomic E-state index is 14.2. The van der Waals surface area contributed by atoms with E-state index in [-0.39, 0.29) is 29.4 Å². The summed E-state index contributed by atoms with van der Waals surface area (Å²) in [5.74, 6) is -2.11. The predicted molar refractivity (Wildman–Crippen MR) is 118 cm³/mol. The van der Waals surface area contributed by atoms with Gasteiger partial charge in [-0.1, -0.05) is 50.1 Å². The van der Waals surface area contributed by atoms with E-state index in [0.29, 0.717) is 12.0 Å². The molecule has 0 radical (unpaired) electrons. The SMILES string of the molecule is CCCCCOc1c(F)cc(C=NNc2nc(-c3ccccc3)c(C#N)c(=O)[nH]2)cc1F. The highest BCUT2D eigenvalue weighted by atomic mass is 19.1. The summed E-state index contributed by atoms with van der Waals surface area (Å²) in [7, 11) is 0. The van der Waals surface area contributed by atoms with E-state index < -0.39 is 22.9 Å². The van der Waals surface area contributed by atoms with Gasteiger partial charge in [-0.2, -0.15) is 10.4 Å². The first kappa shape index (κ1) is 22.6. The number of hydrogen-bond donors (Lipinski definition) is 2. The second kappa shape index (κ2) is 10.8. The zero-order chi connectivity index (χ0) is 22.9. The molecule has 0 fully saturated rings. The molecule has 0 bridgehead atoms. The van der Waals surface area contributed by atoms with Crippen LogP contribution in [0.25, 0.3) is 11.3 Å². The second-order valence-electron chi connectivity index (χ2n) is 6.86. The molecule has 0 saturated carbocycles. The second-order valence-corrected chi connectivity index (χ2v) is 6.86. The van der Waals surface area contributed by atoms with Crippen LogP contribution in [0.4, 0.5) is 14.7 Å².